The smallest absolute Gasteiger partial charge is 0.294 e. The fourth-order valence-corrected chi connectivity index (χ4v) is 5.06. The third-order valence-corrected chi connectivity index (χ3v) is 6.88. The van der Waals surface area contributed by atoms with Crippen molar-refractivity contribution in [3.8, 4) is 5.75 Å². The number of benzene rings is 4. The molecule has 6 nitrogen and oxygen atoms in total. The average Bonchev–Trinajstić information content (AvgIpc) is 3.47. The van der Waals surface area contributed by atoms with Crippen molar-refractivity contribution in [1.82, 2.24) is 0 Å². The van der Waals surface area contributed by atoms with Gasteiger partial charge in [-0.15, -0.1) is 0 Å². The molecule has 1 aliphatic heterocycles. The number of rotatable bonds is 5. The molecule has 0 spiro atoms. The van der Waals surface area contributed by atoms with E-state index in [1.807, 2.05) is 42.5 Å². The number of amides is 1. The summed E-state index contributed by atoms with van der Waals surface area (Å²) in [5, 5.41) is 14.1. The number of fused-ring (bicyclic) bond motifs is 2. The zero-order chi connectivity index (χ0) is 25.7. The van der Waals surface area contributed by atoms with Crippen molar-refractivity contribution in [2.45, 2.75) is 6.04 Å². The summed E-state index contributed by atoms with van der Waals surface area (Å²) in [6.45, 7) is 0. The van der Waals surface area contributed by atoms with Gasteiger partial charge in [-0.25, -0.2) is 0 Å². The summed E-state index contributed by atoms with van der Waals surface area (Å²) in [6.07, 6.45) is 0. The van der Waals surface area contributed by atoms with E-state index in [9.17, 15) is 14.7 Å². The minimum absolute atomic E-state index is 0.00274. The maximum Gasteiger partial charge on any atom is 0.294 e. The van der Waals surface area contributed by atoms with Gasteiger partial charge in [-0.2, -0.15) is 0 Å². The number of carbonyl (C=O) groups excluding carboxylic acids is 2. The predicted molar refractivity (Wildman–Crippen MR) is 142 cm³/mol. The number of Topliss-reactive ketones (excluding diaryl/α,β-unsaturated/α-hetero) is 1. The van der Waals surface area contributed by atoms with Crippen molar-refractivity contribution < 1.29 is 23.8 Å². The first-order chi connectivity index (χ1) is 18.0. The number of aliphatic hydroxyl groups excluding tert-OH is 1. The van der Waals surface area contributed by atoms with Gasteiger partial charge in [0.1, 0.15) is 0 Å². The van der Waals surface area contributed by atoms with Crippen LogP contribution < -0.4 is 9.64 Å². The molecule has 0 fully saturated rings. The molecule has 5 aromatic rings. The number of para-hydroxylation sites is 1. The fraction of sp³-hybridized carbons (Fsp3) is 0.0667. The van der Waals surface area contributed by atoms with Gasteiger partial charge in [0.25, 0.3) is 5.91 Å². The van der Waals surface area contributed by atoms with Crippen LogP contribution in [0.5, 0.6) is 5.75 Å². The van der Waals surface area contributed by atoms with E-state index in [-0.39, 0.29) is 11.3 Å². The third kappa shape index (κ3) is 3.65. The first-order valence-electron chi connectivity index (χ1n) is 11.6. The van der Waals surface area contributed by atoms with Crippen LogP contribution in [0, 0.1) is 0 Å². The van der Waals surface area contributed by atoms with Gasteiger partial charge < -0.3 is 14.3 Å². The normalized spacial score (nSPS) is 15.7. The molecule has 7 heteroatoms. The second-order valence-corrected chi connectivity index (χ2v) is 9.14. The summed E-state index contributed by atoms with van der Waals surface area (Å²) in [4.78, 5) is 28.9. The Morgan fingerprint density at radius 2 is 1.65 bits per heavy atom. The number of hydrogen-bond donors (Lipinski definition) is 1. The Kier molecular flexibility index (Phi) is 5.46. The van der Waals surface area contributed by atoms with Gasteiger partial charge in [0, 0.05) is 16.1 Å². The summed E-state index contributed by atoms with van der Waals surface area (Å²) in [5.74, 6) is -1.41. The molecule has 37 heavy (non-hydrogen) atoms. The van der Waals surface area contributed by atoms with Gasteiger partial charge in [0.05, 0.1) is 18.7 Å². The molecule has 4 aromatic carbocycles. The van der Waals surface area contributed by atoms with Crippen LogP contribution in [0.15, 0.2) is 107 Å². The second kappa shape index (κ2) is 8.84. The number of halogens is 1. The van der Waals surface area contributed by atoms with E-state index in [0.29, 0.717) is 33.0 Å². The Labute approximate surface area is 216 Å². The highest BCUT2D eigenvalue weighted by molar-refractivity contribution is 6.30. The number of ketones is 1. The molecular formula is C30H20ClNO5. The minimum atomic E-state index is -0.901. The fourth-order valence-electron chi connectivity index (χ4n) is 4.93. The molecule has 1 unspecified atom stereocenters. The Morgan fingerprint density at radius 1 is 0.946 bits per heavy atom. The highest BCUT2D eigenvalue weighted by Crippen LogP contribution is 2.44. The molecule has 2 heterocycles. The Morgan fingerprint density at radius 3 is 2.43 bits per heavy atom. The Bertz CT molecular complexity index is 1730. The zero-order valence-electron chi connectivity index (χ0n) is 19.6. The summed E-state index contributed by atoms with van der Waals surface area (Å²) in [7, 11) is 1.52. The first-order valence-corrected chi connectivity index (χ1v) is 12.0. The largest absolute Gasteiger partial charge is 0.503 e. The van der Waals surface area contributed by atoms with Crippen molar-refractivity contribution in [2.24, 2.45) is 0 Å². The number of carbonyl (C=O) groups is 2. The van der Waals surface area contributed by atoms with E-state index >= 15 is 0 Å². The Balaban J connectivity index is 1.56. The van der Waals surface area contributed by atoms with Crippen LogP contribution >= 0.6 is 11.6 Å². The van der Waals surface area contributed by atoms with Gasteiger partial charge in [-0.05, 0) is 52.7 Å². The molecule has 0 saturated heterocycles. The monoisotopic (exact) mass is 509 g/mol. The molecular weight excluding hydrogens is 490 g/mol. The first kappa shape index (κ1) is 22.9. The lowest BCUT2D eigenvalue weighted by Crippen LogP contribution is -2.31. The van der Waals surface area contributed by atoms with Crippen LogP contribution in [0.4, 0.5) is 5.69 Å². The maximum absolute atomic E-state index is 14.0. The van der Waals surface area contributed by atoms with Crippen LogP contribution in [0.3, 0.4) is 0 Å². The topological polar surface area (TPSA) is 80.0 Å². The van der Waals surface area contributed by atoms with Crippen LogP contribution in [0.2, 0.25) is 5.02 Å². The van der Waals surface area contributed by atoms with Crippen molar-refractivity contribution in [3.63, 3.8) is 0 Å². The number of ether oxygens (including phenoxy) is 1. The van der Waals surface area contributed by atoms with E-state index in [1.165, 1.54) is 12.0 Å². The molecule has 1 aromatic heterocycles. The summed E-state index contributed by atoms with van der Waals surface area (Å²) in [5.41, 5.74) is 1.54. The lowest BCUT2D eigenvalue weighted by atomic mass is 9.91. The molecule has 182 valence electrons. The van der Waals surface area contributed by atoms with Crippen LogP contribution in [-0.2, 0) is 4.79 Å². The van der Waals surface area contributed by atoms with Gasteiger partial charge in [0.15, 0.2) is 22.9 Å². The van der Waals surface area contributed by atoms with Gasteiger partial charge >= 0.3 is 0 Å². The number of anilines is 1. The number of aliphatic hydroxyl groups is 1. The quantitative estimate of drug-likeness (QED) is 0.257. The molecule has 1 N–H and O–H groups in total. The minimum Gasteiger partial charge on any atom is -0.503 e. The molecule has 0 radical (unpaired) electrons. The average molecular weight is 510 g/mol. The summed E-state index contributed by atoms with van der Waals surface area (Å²) >= 11 is 6.10. The second-order valence-electron chi connectivity index (χ2n) is 8.70. The predicted octanol–water partition coefficient (Wildman–Crippen LogP) is 7.03. The lowest BCUT2D eigenvalue weighted by Gasteiger charge is -2.27. The number of furan rings is 1. The van der Waals surface area contributed by atoms with Crippen LogP contribution in [0.25, 0.3) is 21.7 Å². The van der Waals surface area contributed by atoms with Gasteiger partial charge in [-0.1, -0.05) is 66.2 Å². The van der Waals surface area contributed by atoms with Crippen molar-refractivity contribution >= 4 is 50.7 Å². The highest BCUT2D eigenvalue weighted by atomic mass is 35.5. The van der Waals surface area contributed by atoms with E-state index in [0.717, 1.165) is 10.8 Å². The standard InChI is InChI=1S/C30H20ClNO5/c1-36-23-11-5-8-18-16-24(37-29(18)23)27(33)25-26(22-10-4-7-17-6-2-3-9-21(17)22)32(30(35)28(25)34)20-14-12-19(31)13-15-20/h2-16,26,34H,1H3. The summed E-state index contributed by atoms with van der Waals surface area (Å²) < 4.78 is 11.3. The molecule has 0 bridgehead atoms. The van der Waals surface area contributed by atoms with Gasteiger partial charge in [-0.3, -0.25) is 14.5 Å². The molecule has 1 amide bonds. The number of methoxy groups -OCH3 is 1. The SMILES string of the molecule is COc1cccc2cc(C(=O)C3=C(O)C(=O)N(c4ccc(Cl)cc4)C3c3cccc4ccccc34)oc12. The Hall–Kier alpha value is -4.55. The van der Waals surface area contributed by atoms with E-state index < -0.39 is 23.5 Å². The maximum atomic E-state index is 14.0. The molecule has 1 aliphatic rings. The van der Waals surface area contributed by atoms with E-state index in [2.05, 4.69) is 0 Å². The van der Waals surface area contributed by atoms with Crippen molar-refractivity contribution in [3.05, 3.63) is 119 Å². The van der Waals surface area contributed by atoms with Crippen molar-refractivity contribution in [2.75, 3.05) is 12.0 Å². The van der Waals surface area contributed by atoms with Crippen molar-refractivity contribution in [1.29, 1.82) is 0 Å². The van der Waals surface area contributed by atoms with Crippen LogP contribution in [0.1, 0.15) is 22.2 Å². The zero-order valence-corrected chi connectivity index (χ0v) is 20.4. The number of nitrogens with zero attached hydrogens (tertiary/aromatic N) is 1. The molecule has 6 rings (SSSR count). The third-order valence-electron chi connectivity index (χ3n) is 6.63. The lowest BCUT2D eigenvalue weighted by molar-refractivity contribution is -0.117. The summed E-state index contributed by atoms with van der Waals surface area (Å²) in [6, 6.07) is 26.1. The van der Waals surface area contributed by atoms with E-state index in [1.54, 1.807) is 48.5 Å². The van der Waals surface area contributed by atoms with Gasteiger partial charge in [0.2, 0.25) is 5.78 Å². The van der Waals surface area contributed by atoms with E-state index in [4.69, 9.17) is 20.8 Å². The molecule has 0 saturated carbocycles. The number of hydrogen-bond acceptors (Lipinski definition) is 5. The van der Waals surface area contributed by atoms with Crippen LogP contribution in [-0.4, -0.2) is 23.9 Å². The molecule has 0 aliphatic carbocycles. The molecule has 1 atom stereocenters. The highest BCUT2D eigenvalue weighted by Gasteiger charge is 2.46.